The molecule has 4 heteroatoms. The molecular formula is C17H25NO3. The van der Waals surface area contributed by atoms with Crippen molar-refractivity contribution in [2.45, 2.75) is 52.0 Å². The van der Waals surface area contributed by atoms with Crippen molar-refractivity contribution < 1.29 is 14.6 Å². The van der Waals surface area contributed by atoms with Crippen molar-refractivity contribution >= 4 is 5.91 Å². The molecule has 4 nitrogen and oxygen atoms in total. The van der Waals surface area contributed by atoms with Gasteiger partial charge in [-0.1, -0.05) is 58.0 Å². The first kappa shape index (κ1) is 16.0. The summed E-state index contributed by atoms with van der Waals surface area (Å²) in [4.78, 5) is 14.1. The Hall–Kier alpha value is -1.39. The fourth-order valence-corrected chi connectivity index (χ4v) is 2.79. The van der Waals surface area contributed by atoms with Crippen LogP contribution < -0.4 is 0 Å². The topological polar surface area (TPSA) is 49.8 Å². The normalized spacial score (nSPS) is 22.9. The molecule has 21 heavy (non-hydrogen) atoms. The van der Waals surface area contributed by atoms with E-state index in [0.717, 1.165) is 5.56 Å². The molecule has 2 rings (SSSR count). The number of carbonyl (C=O) groups excluding carboxylic acids is 1. The Kier molecular flexibility index (Phi) is 4.69. The maximum Gasteiger partial charge on any atom is 0.240 e. The van der Waals surface area contributed by atoms with Gasteiger partial charge >= 0.3 is 0 Å². The van der Waals surface area contributed by atoms with Crippen molar-refractivity contribution in [3.05, 3.63) is 35.9 Å². The van der Waals surface area contributed by atoms with Crippen LogP contribution in [0.25, 0.3) is 0 Å². The van der Waals surface area contributed by atoms with E-state index in [9.17, 15) is 9.90 Å². The lowest BCUT2D eigenvalue weighted by molar-refractivity contribution is -0.167. The maximum atomic E-state index is 12.6. The maximum absolute atomic E-state index is 12.6. The molecule has 1 fully saturated rings. The van der Waals surface area contributed by atoms with Gasteiger partial charge in [0.1, 0.15) is 0 Å². The first-order valence-electron chi connectivity index (χ1n) is 7.49. The van der Waals surface area contributed by atoms with Crippen molar-refractivity contribution in [3.8, 4) is 0 Å². The molecule has 1 heterocycles. The van der Waals surface area contributed by atoms with Crippen LogP contribution in [0.5, 0.6) is 0 Å². The molecule has 1 aromatic rings. The van der Waals surface area contributed by atoms with Crippen molar-refractivity contribution in [2.24, 2.45) is 5.92 Å². The lowest BCUT2D eigenvalue weighted by Gasteiger charge is -2.32. The molecule has 0 spiro atoms. The molecular weight excluding hydrogens is 266 g/mol. The van der Waals surface area contributed by atoms with Crippen LogP contribution in [0, 0.1) is 5.92 Å². The van der Waals surface area contributed by atoms with Crippen molar-refractivity contribution in [3.63, 3.8) is 0 Å². The van der Waals surface area contributed by atoms with E-state index in [4.69, 9.17) is 4.74 Å². The predicted octanol–water partition coefficient (Wildman–Crippen LogP) is 2.51. The van der Waals surface area contributed by atoms with Crippen LogP contribution in [0.1, 0.15) is 39.7 Å². The molecule has 1 aromatic carbocycles. The van der Waals surface area contributed by atoms with Crippen molar-refractivity contribution in [1.82, 2.24) is 4.90 Å². The van der Waals surface area contributed by atoms with Gasteiger partial charge in [-0.3, -0.25) is 9.69 Å². The van der Waals surface area contributed by atoms with Gasteiger partial charge in [-0.05, 0) is 16.9 Å². The van der Waals surface area contributed by atoms with Gasteiger partial charge in [0, 0.05) is 6.42 Å². The Morgan fingerprint density at radius 2 is 2.00 bits per heavy atom. The fourth-order valence-electron chi connectivity index (χ4n) is 2.79. The van der Waals surface area contributed by atoms with Crippen LogP contribution in [0.2, 0.25) is 0 Å². The minimum Gasteiger partial charge on any atom is -0.351 e. The highest BCUT2D eigenvalue weighted by atomic mass is 16.6. The van der Waals surface area contributed by atoms with Crippen LogP contribution in [-0.4, -0.2) is 35.0 Å². The zero-order chi connectivity index (χ0) is 15.6. The highest BCUT2D eigenvalue weighted by molar-refractivity contribution is 5.78. The molecule has 1 amide bonds. The van der Waals surface area contributed by atoms with Gasteiger partial charge in [-0.2, -0.15) is 0 Å². The number of aliphatic hydroxyl groups is 1. The average molecular weight is 291 g/mol. The summed E-state index contributed by atoms with van der Waals surface area (Å²) in [6.07, 6.45) is -0.767. The van der Waals surface area contributed by atoms with E-state index in [1.165, 1.54) is 4.90 Å². The van der Waals surface area contributed by atoms with E-state index >= 15 is 0 Å². The van der Waals surface area contributed by atoms with Gasteiger partial charge in [0.25, 0.3) is 0 Å². The molecule has 0 bridgehead atoms. The Morgan fingerprint density at radius 3 is 2.57 bits per heavy atom. The van der Waals surface area contributed by atoms with Crippen LogP contribution >= 0.6 is 0 Å². The highest BCUT2D eigenvalue weighted by Crippen LogP contribution is 2.30. The van der Waals surface area contributed by atoms with E-state index in [-0.39, 0.29) is 23.3 Å². The number of nitrogens with zero attached hydrogens (tertiary/aromatic N) is 1. The number of hydrogen-bond acceptors (Lipinski definition) is 3. The van der Waals surface area contributed by atoms with Gasteiger partial charge in [0.2, 0.25) is 12.3 Å². The second-order valence-corrected chi connectivity index (χ2v) is 6.70. The zero-order valence-electron chi connectivity index (χ0n) is 13.2. The molecule has 1 saturated heterocycles. The van der Waals surface area contributed by atoms with Gasteiger partial charge < -0.3 is 9.84 Å². The average Bonchev–Trinajstić information content (AvgIpc) is 2.81. The smallest absolute Gasteiger partial charge is 0.240 e. The lowest BCUT2D eigenvalue weighted by atomic mass is 9.81. The summed E-state index contributed by atoms with van der Waals surface area (Å²) in [6, 6.07) is 9.93. The second kappa shape index (κ2) is 6.16. The zero-order valence-corrected chi connectivity index (χ0v) is 13.2. The van der Waals surface area contributed by atoms with Gasteiger partial charge in [-0.15, -0.1) is 0 Å². The number of benzene rings is 1. The molecule has 0 saturated carbocycles. The molecule has 1 aliphatic heterocycles. The lowest BCUT2D eigenvalue weighted by Crippen LogP contribution is -2.46. The molecule has 1 N–H and O–H groups in total. The van der Waals surface area contributed by atoms with E-state index in [1.807, 2.05) is 58.0 Å². The third-order valence-corrected chi connectivity index (χ3v) is 4.22. The summed E-state index contributed by atoms with van der Waals surface area (Å²) in [5.41, 5.74) is 0.844. The number of hydrogen-bond donors (Lipinski definition) is 1. The van der Waals surface area contributed by atoms with Crippen molar-refractivity contribution in [2.75, 3.05) is 6.61 Å². The van der Waals surface area contributed by atoms with Crippen LogP contribution in [0.15, 0.2) is 30.3 Å². The summed E-state index contributed by atoms with van der Waals surface area (Å²) < 4.78 is 5.24. The SMILES string of the molecule is CC(C)[C@H]1COC(O)N1C(=O)CC(C)(C)c1ccccc1. The largest absolute Gasteiger partial charge is 0.351 e. The Morgan fingerprint density at radius 1 is 1.38 bits per heavy atom. The second-order valence-electron chi connectivity index (χ2n) is 6.70. The molecule has 0 aromatic heterocycles. The monoisotopic (exact) mass is 291 g/mol. The molecule has 1 aliphatic rings. The summed E-state index contributed by atoms with van der Waals surface area (Å²) in [7, 11) is 0. The Balaban J connectivity index is 2.13. The Bertz CT molecular complexity index is 484. The van der Waals surface area contributed by atoms with Crippen molar-refractivity contribution in [1.29, 1.82) is 0 Å². The molecule has 2 atom stereocenters. The number of ether oxygens (including phenoxy) is 1. The minimum atomic E-state index is -1.11. The van der Waals surface area contributed by atoms with Crippen LogP contribution in [0.3, 0.4) is 0 Å². The summed E-state index contributed by atoms with van der Waals surface area (Å²) >= 11 is 0. The molecule has 0 aliphatic carbocycles. The summed E-state index contributed by atoms with van der Waals surface area (Å²) in [5, 5.41) is 9.93. The number of rotatable bonds is 4. The highest BCUT2D eigenvalue weighted by Gasteiger charge is 2.40. The quantitative estimate of drug-likeness (QED) is 0.927. The summed E-state index contributed by atoms with van der Waals surface area (Å²) in [5.74, 6) is 0.193. The number of carbonyl (C=O) groups is 1. The van der Waals surface area contributed by atoms with Crippen LogP contribution in [0.4, 0.5) is 0 Å². The van der Waals surface area contributed by atoms with E-state index in [0.29, 0.717) is 13.0 Å². The first-order chi connectivity index (χ1) is 9.83. The molecule has 1 unspecified atom stereocenters. The first-order valence-corrected chi connectivity index (χ1v) is 7.49. The Labute approximate surface area is 126 Å². The summed E-state index contributed by atoms with van der Waals surface area (Å²) in [6.45, 7) is 8.57. The number of aliphatic hydroxyl groups excluding tert-OH is 1. The van der Waals surface area contributed by atoms with Gasteiger partial charge in [0.05, 0.1) is 12.6 Å². The standard InChI is InChI=1S/C17H25NO3/c1-12(2)14-11-21-16(20)18(14)15(19)10-17(3,4)13-8-6-5-7-9-13/h5-9,12,14,16,20H,10-11H2,1-4H3/t14-,16?/m1/s1. The van der Waals surface area contributed by atoms with Gasteiger partial charge in [-0.25, -0.2) is 0 Å². The van der Waals surface area contributed by atoms with Gasteiger partial charge in [0.15, 0.2) is 0 Å². The van der Waals surface area contributed by atoms with Crippen LogP contribution in [-0.2, 0) is 14.9 Å². The third-order valence-electron chi connectivity index (χ3n) is 4.22. The van der Waals surface area contributed by atoms with E-state index < -0.39 is 6.41 Å². The fraction of sp³-hybridized carbons (Fsp3) is 0.588. The van der Waals surface area contributed by atoms with E-state index in [1.54, 1.807) is 0 Å². The number of amides is 1. The minimum absolute atomic E-state index is 0.0564. The van der Waals surface area contributed by atoms with E-state index in [2.05, 4.69) is 0 Å². The predicted molar refractivity (Wildman–Crippen MR) is 81.5 cm³/mol. The molecule has 116 valence electrons. The third kappa shape index (κ3) is 3.44. The molecule has 0 radical (unpaired) electrons.